The Morgan fingerprint density at radius 2 is 2.11 bits per heavy atom. The van der Waals surface area contributed by atoms with Gasteiger partial charge in [0.25, 0.3) is 0 Å². The van der Waals surface area contributed by atoms with E-state index in [1.165, 1.54) is 6.92 Å². The molecule has 1 aromatic carbocycles. The van der Waals surface area contributed by atoms with Crippen LogP contribution in [0.5, 0.6) is 0 Å². The molecule has 1 unspecified atom stereocenters. The zero-order valence-corrected chi connectivity index (χ0v) is 10.2. The summed E-state index contributed by atoms with van der Waals surface area (Å²) < 4.78 is 13.1. The number of hydrogen-bond donors (Lipinski definition) is 3. The number of carbonyl (C=O) groups is 2. The van der Waals surface area contributed by atoms with Crippen molar-refractivity contribution in [2.45, 2.75) is 25.8 Å². The van der Waals surface area contributed by atoms with E-state index < -0.39 is 23.2 Å². The van der Waals surface area contributed by atoms with Gasteiger partial charge in [-0.2, -0.15) is 0 Å². The van der Waals surface area contributed by atoms with Crippen LogP contribution in [0.15, 0.2) is 18.2 Å². The maximum Gasteiger partial charge on any atom is 0.337 e. The number of benzene rings is 1. The van der Waals surface area contributed by atoms with Gasteiger partial charge in [-0.15, -0.1) is 0 Å². The molecule has 1 atom stereocenters. The number of hydrogen-bond acceptors (Lipinski definition) is 3. The predicted octanol–water partition coefficient (Wildman–Crippen LogP) is 1.59. The number of nitrogens with one attached hydrogen (secondary N) is 1. The number of carboxylic acid groups (broad SMARTS) is 1. The minimum Gasteiger partial charge on any atom is -0.478 e. The molecule has 0 saturated heterocycles. The van der Waals surface area contributed by atoms with E-state index >= 15 is 0 Å². The van der Waals surface area contributed by atoms with Crippen molar-refractivity contribution in [1.82, 2.24) is 0 Å². The molecule has 4 N–H and O–H groups in total. The number of nitrogens with two attached hydrogens (primary N) is 1. The second-order valence-corrected chi connectivity index (χ2v) is 4.22. The van der Waals surface area contributed by atoms with Crippen molar-refractivity contribution in [2.24, 2.45) is 5.73 Å². The molecule has 0 aliphatic carbocycles. The molecular weight excluding hydrogens is 239 g/mol. The van der Waals surface area contributed by atoms with E-state index in [-0.39, 0.29) is 11.3 Å². The van der Waals surface area contributed by atoms with E-state index in [1.807, 2.05) is 0 Å². The topological polar surface area (TPSA) is 92.4 Å². The highest BCUT2D eigenvalue weighted by Gasteiger charge is 2.27. The molecule has 1 aromatic rings. The fraction of sp³-hybridized carbons (Fsp3) is 0.333. The zero-order chi connectivity index (χ0) is 13.9. The molecule has 0 spiro atoms. The van der Waals surface area contributed by atoms with Gasteiger partial charge < -0.3 is 16.2 Å². The third-order valence-electron chi connectivity index (χ3n) is 2.71. The predicted molar refractivity (Wildman–Crippen MR) is 64.9 cm³/mol. The molecule has 0 saturated carbocycles. The Bertz CT molecular complexity index is 486. The summed E-state index contributed by atoms with van der Waals surface area (Å²) in [5.41, 5.74) is 4.30. The van der Waals surface area contributed by atoms with Crippen LogP contribution in [0.2, 0.25) is 0 Å². The molecule has 0 aliphatic rings. The van der Waals surface area contributed by atoms with Crippen LogP contribution >= 0.6 is 0 Å². The monoisotopic (exact) mass is 254 g/mol. The van der Waals surface area contributed by atoms with Crippen molar-refractivity contribution in [1.29, 1.82) is 0 Å². The summed E-state index contributed by atoms with van der Waals surface area (Å²) in [5.74, 6) is -2.44. The first-order chi connectivity index (χ1) is 8.27. The quantitative estimate of drug-likeness (QED) is 0.760. The lowest BCUT2D eigenvalue weighted by Crippen LogP contribution is -2.48. The number of aromatic carboxylic acids is 1. The van der Waals surface area contributed by atoms with Crippen molar-refractivity contribution in [3.8, 4) is 0 Å². The lowest BCUT2D eigenvalue weighted by molar-refractivity contribution is -0.120. The maximum atomic E-state index is 13.1. The van der Waals surface area contributed by atoms with E-state index in [0.717, 1.165) is 18.2 Å². The van der Waals surface area contributed by atoms with Gasteiger partial charge in [-0.1, -0.05) is 6.92 Å². The van der Waals surface area contributed by atoms with Crippen LogP contribution in [0.4, 0.5) is 10.1 Å². The molecule has 0 bridgehead atoms. The SMILES string of the molecule is CCC(C)(N)C(=O)Nc1cc(F)ccc1C(=O)O. The van der Waals surface area contributed by atoms with E-state index in [2.05, 4.69) is 5.32 Å². The summed E-state index contributed by atoms with van der Waals surface area (Å²) in [7, 11) is 0. The first-order valence-corrected chi connectivity index (χ1v) is 5.41. The van der Waals surface area contributed by atoms with Crippen molar-refractivity contribution >= 4 is 17.6 Å². The minimum atomic E-state index is -1.25. The normalized spacial score (nSPS) is 13.8. The van der Waals surface area contributed by atoms with Gasteiger partial charge in [0.05, 0.1) is 16.8 Å². The van der Waals surface area contributed by atoms with Crippen molar-refractivity contribution in [3.63, 3.8) is 0 Å². The highest BCUT2D eigenvalue weighted by atomic mass is 19.1. The van der Waals surface area contributed by atoms with E-state index in [9.17, 15) is 14.0 Å². The average Bonchev–Trinajstić information content (AvgIpc) is 2.28. The number of halogens is 1. The maximum absolute atomic E-state index is 13.1. The summed E-state index contributed by atoms with van der Waals surface area (Å²) in [6, 6.07) is 3.06. The number of carboxylic acids is 1. The zero-order valence-electron chi connectivity index (χ0n) is 10.2. The van der Waals surface area contributed by atoms with Crippen molar-refractivity contribution in [3.05, 3.63) is 29.6 Å². The first kappa shape index (κ1) is 14.1. The van der Waals surface area contributed by atoms with Gasteiger partial charge in [-0.05, 0) is 31.5 Å². The molecule has 98 valence electrons. The Kier molecular flexibility index (Phi) is 4.03. The van der Waals surface area contributed by atoms with E-state index in [4.69, 9.17) is 10.8 Å². The third kappa shape index (κ3) is 3.04. The first-order valence-electron chi connectivity index (χ1n) is 5.41. The van der Waals surface area contributed by atoms with Crippen LogP contribution < -0.4 is 11.1 Å². The van der Waals surface area contributed by atoms with Gasteiger partial charge in [0.2, 0.25) is 5.91 Å². The molecule has 1 rings (SSSR count). The standard InChI is InChI=1S/C12H15FN2O3/c1-3-12(2,14)11(18)15-9-6-7(13)4-5-8(9)10(16)17/h4-6H,3,14H2,1-2H3,(H,15,18)(H,16,17). The summed E-state index contributed by atoms with van der Waals surface area (Å²) in [4.78, 5) is 22.7. The lowest BCUT2D eigenvalue weighted by Gasteiger charge is -2.22. The van der Waals surface area contributed by atoms with Gasteiger partial charge in [-0.25, -0.2) is 9.18 Å². The summed E-state index contributed by atoms with van der Waals surface area (Å²) >= 11 is 0. The molecule has 0 heterocycles. The fourth-order valence-corrected chi connectivity index (χ4v) is 1.23. The molecular formula is C12H15FN2O3. The number of rotatable bonds is 4. The second-order valence-electron chi connectivity index (χ2n) is 4.22. The molecule has 18 heavy (non-hydrogen) atoms. The molecule has 0 aliphatic heterocycles. The molecule has 0 radical (unpaired) electrons. The highest BCUT2D eigenvalue weighted by molar-refractivity contribution is 6.03. The Hall–Kier alpha value is -1.95. The van der Waals surface area contributed by atoms with Crippen LogP contribution in [0.1, 0.15) is 30.6 Å². The highest BCUT2D eigenvalue weighted by Crippen LogP contribution is 2.19. The van der Waals surface area contributed by atoms with Crippen molar-refractivity contribution < 1.29 is 19.1 Å². The summed E-state index contributed by atoms with van der Waals surface area (Å²) in [6.07, 6.45) is 0.372. The Labute approximate surface area is 104 Å². The molecule has 5 nitrogen and oxygen atoms in total. The summed E-state index contributed by atoms with van der Waals surface area (Å²) in [6.45, 7) is 3.24. The van der Waals surface area contributed by atoms with E-state index in [1.54, 1.807) is 6.92 Å². The van der Waals surface area contributed by atoms with E-state index in [0.29, 0.717) is 6.42 Å². The minimum absolute atomic E-state index is 0.0994. The van der Waals surface area contributed by atoms with Gasteiger partial charge in [0, 0.05) is 0 Å². The number of amides is 1. The van der Waals surface area contributed by atoms with Crippen LogP contribution in [0, 0.1) is 5.82 Å². The van der Waals surface area contributed by atoms with Crippen LogP contribution in [0.3, 0.4) is 0 Å². The van der Waals surface area contributed by atoms with Gasteiger partial charge >= 0.3 is 5.97 Å². The second kappa shape index (κ2) is 5.14. The molecule has 6 heteroatoms. The molecule has 0 aromatic heterocycles. The molecule has 1 amide bonds. The van der Waals surface area contributed by atoms with Gasteiger partial charge in [0.15, 0.2) is 0 Å². The third-order valence-corrected chi connectivity index (χ3v) is 2.71. The number of anilines is 1. The van der Waals surface area contributed by atoms with Crippen molar-refractivity contribution in [2.75, 3.05) is 5.32 Å². The Morgan fingerprint density at radius 1 is 1.50 bits per heavy atom. The van der Waals surface area contributed by atoms with Gasteiger partial charge in [0.1, 0.15) is 5.82 Å². The fourth-order valence-electron chi connectivity index (χ4n) is 1.23. The van der Waals surface area contributed by atoms with Crippen LogP contribution in [0.25, 0.3) is 0 Å². The average molecular weight is 254 g/mol. The Balaban J connectivity index is 3.07. The van der Waals surface area contributed by atoms with Crippen LogP contribution in [-0.4, -0.2) is 22.5 Å². The van der Waals surface area contributed by atoms with Gasteiger partial charge in [-0.3, -0.25) is 4.79 Å². The lowest BCUT2D eigenvalue weighted by atomic mass is 9.99. The largest absolute Gasteiger partial charge is 0.478 e. The smallest absolute Gasteiger partial charge is 0.337 e. The molecule has 0 fully saturated rings. The number of carbonyl (C=O) groups excluding carboxylic acids is 1. The Morgan fingerprint density at radius 3 is 2.61 bits per heavy atom. The summed E-state index contributed by atoms with van der Waals surface area (Å²) in [5, 5.41) is 11.3. The van der Waals surface area contributed by atoms with Crippen LogP contribution in [-0.2, 0) is 4.79 Å².